The molecule has 196 valence electrons. The topological polar surface area (TPSA) is 0 Å². The van der Waals surface area contributed by atoms with Gasteiger partial charge >= 0.3 is 41.3 Å². The van der Waals surface area contributed by atoms with Crippen LogP contribution >= 0.6 is 11.3 Å². The monoisotopic (exact) mass is 626 g/mol. The van der Waals surface area contributed by atoms with Crippen LogP contribution in [0.4, 0.5) is 0 Å². The molecule has 1 aliphatic rings. The van der Waals surface area contributed by atoms with Gasteiger partial charge in [-0.1, -0.05) is 94.8 Å². The van der Waals surface area contributed by atoms with E-state index in [1.165, 1.54) is 47.0 Å². The van der Waals surface area contributed by atoms with Crippen molar-refractivity contribution < 1.29 is 49.0 Å². The molecular weight excluding hydrogens is 591 g/mol. The average Bonchev–Trinajstić information content (AvgIpc) is 3.51. The van der Waals surface area contributed by atoms with Crippen LogP contribution in [0.25, 0.3) is 27.1 Å². The first kappa shape index (κ1) is 33.9. The molecule has 0 spiro atoms. The van der Waals surface area contributed by atoms with E-state index >= 15 is 0 Å². The molecule has 0 radical (unpaired) electrons. The van der Waals surface area contributed by atoms with E-state index in [9.17, 15) is 0 Å². The molecule has 0 amide bonds. The third-order valence-corrected chi connectivity index (χ3v) is 6.65. The first-order valence-corrected chi connectivity index (χ1v) is 14.5. The Morgan fingerprint density at radius 1 is 0.838 bits per heavy atom. The number of fused-ring (bicyclic) bond motifs is 3. The smallest absolute Gasteiger partial charge is 0.0219 e. The van der Waals surface area contributed by atoms with E-state index in [1.54, 1.807) is 35.6 Å². The molecule has 0 nitrogen and oxygen atoms in total. The van der Waals surface area contributed by atoms with E-state index < -0.39 is 0 Å². The number of benzene rings is 2. The number of hydrogen-bond donors (Lipinski definition) is 0. The van der Waals surface area contributed by atoms with Crippen molar-refractivity contribution in [3.8, 4) is 0 Å². The Morgan fingerprint density at radius 2 is 1.32 bits per heavy atom. The Kier molecular flexibility index (Phi) is 13.1. The molecule has 0 aliphatic heterocycles. The number of allylic oxidation sites excluding steroid dienone is 4. The molecule has 0 saturated carbocycles. The second-order valence-electron chi connectivity index (χ2n) is 11.5. The van der Waals surface area contributed by atoms with E-state index in [2.05, 4.69) is 133 Å². The van der Waals surface area contributed by atoms with Gasteiger partial charge in [0.1, 0.15) is 0 Å². The summed E-state index contributed by atoms with van der Waals surface area (Å²) in [6.07, 6.45) is 8.51. The van der Waals surface area contributed by atoms with Crippen LogP contribution in [0, 0.1) is 6.08 Å². The summed E-state index contributed by atoms with van der Waals surface area (Å²) in [5.41, 5.74) is 5.76. The van der Waals surface area contributed by atoms with Crippen LogP contribution in [-0.2, 0) is 35.1 Å². The maximum atomic E-state index is 3.27. The van der Waals surface area contributed by atoms with Crippen molar-refractivity contribution in [3.63, 3.8) is 0 Å². The molecule has 0 atom stereocenters. The molecule has 0 saturated heterocycles. The third kappa shape index (κ3) is 9.51. The van der Waals surface area contributed by atoms with Crippen molar-refractivity contribution in [1.29, 1.82) is 0 Å². The summed E-state index contributed by atoms with van der Waals surface area (Å²) in [6, 6.07) is 18.3. The van der Waals surface area contributed by atoms with Crippen molar-refractivity contribution in [2.24, 2.45) is 0 Å². The molecule has 0 bridgehead atoms. The van der Waals surface area contributed by atoms with Crippen LogP contribution < -0.4 is 24.8 Å². The van der Waals surface area contributed by atoms with Gasteiger partial charge in [0.05, 0.1) is 0 Å². The van der Waals surface area contributed by atoms with Crippen LogP contribution in [0.5, 0.6) is 0 Å². The molecule has 4 aromatic rings. The van der Waals surface area contributed by atoms with Crippen LogP contribution in [0.2, 0.25) is 0 Å². The predicted octanol–water partition coefficient (Wildman–Crippen LogP) is 3.95. The normalized spacial score (nSPS) is 12.5. The van der Waals surface area contributed by atoms with Gasteiger partial charge in [0.25, 0.3) is 0 Å². The van der Waals surface area contributed by atoms with Gasteiger partial charge in [0.2, 0.25) is 0 Å². The Balaban J connectivity index is 0.000000358. The Bertz CT molecular complexity index is 1290. The van der Waals surface area contributed by atoms with Gasteiger partial charge in [-0.2, -0.15) is 29.1 Å². The average molecular weight is 629 g/mol. The van der Waals surface area contributed by atoms with E-state index in [0.29, 0.717) is 0 Å². The standard InChI is InChI=1S/C21H25.C9H7S.C3H6.2ClH.Zr/c1-20(2,3)16-9-7-14-11-15-8-10-17(21(4,5)6)13-19(15)18(14)12-16;1-2-4-8(3-1)9-5-6-10-7-9;1-3-2;;;/h7-13H,1-6H3;1,3,5-7H,2H2;1-2H3;2*1H;/q2*-1;;;;+2/p-2. The number of hydrogen-bond acceptors (Lipinski definition) is 1. The minimum Gasteiger partial charge on any atom is -1.00 e. The molecular formula is C33H38Cl2SZr-2. The van der Waals surface area contributed by atoms with Crippen LogP contribution in [0.3, 0.4) is 0 Å². The number of rotatable bonds is 1. The summed E-state index contributed by atoms with van der Waals surface area (Å²) in [5, 5.41) is 9.73. The fraction of sp³-hybridized carbons (Fsp3) is 0.333. The van der Waals surface area contributed by atoms with Gasteiger partial charge in [-0.05, 0) is 16.2 Å². The van der Waals surface area contributed by atoms with Crippen molar-refractivity contribution in [3.05, 3.63) is 94.2 Å². The first-order chi connectivity index (χ1) is 16.4. The Morgan fingerprint density at radius 3 is 1.68 bits per heavy atom. The number of thiophene rings is 1. The van der Waals surface area contributed by atoms with Gasteiger partial charge in [-0.15, -0.1) is 51.4 Å². The zero-order valence-electron chi connectivity index (χ0n) is 23.3. The molecule has 1 heterocycles. The summed E-state index contributed by atoms with van der Waals surface area (Å²) in [7, 11) is 0. The van der Waals surface area contributed by atoms with Gasteiger partial charge < -0.3 is 24.8 Å². The molecule has 37 heavy (non-hydrogen) atoms. The molecule has 5 rings (SSSR count). The van der Waals surface area contributed by atoms with E-state index in [4.69, 9.17) is 0 Å². The fourth-order valence-corrected chi connectivity index (χ4v) is 4.61. The maximum absolute atomic E-state index is 3.27. The SMILES string of the molecule is CC(C)(C)c1ccc2[cH-]c3ccc(C(C)(C)C)cc3c2c1.C[C](C)=[Zr+2].[C-]1=C(c2ccsc2)C=CC1.[Cl-].[Cl-]. The summed E-state index contributed by atoms with van der Waals surface area (Å²) >= 11 is 3.29. The van der Waals surface area contributed by atoms with Crippen molar-refractivity contribution in [2.75, 3.05) is 0 Å². The zero-order chi connectivity index (χ0) is 25.8. The molecule has 0 fully saturated rings. The van der Waals surface area contributed by atoms with Crippen molar-refractivity contribution in [1.82, 2.24) is 0 Å². The quantitative estimate of drug-likeness (QED) is 0.280. The summed E-state index contributed by atoms with van der Waals surface area (Å²) < 4.78 is 1.51. The van der Waals surface area contributed by atoms with Crippen molar-refractivity contribution >= 4 is 41.7 Å². The minimum absolute atomic E-state index is 0. The third-order valence-electron chi connectivity index (χ3n) is 5.97. The Labute approximate surface area is 255 Å². The summed E-state index contributed by atoms with van der Waals surface area (Å²) in [4.78, 5) is 0. The molecule has 0 N–H and O–H groups in total. The second kappa shape index (κ2) is 14.3. The van der Waals surface area contributed by atoms with Crippen LogP contribution in [0.1, 0.15) is 78.5 Å². The fourth-order valence-electron chi connectivity index (χ4n) is 3.95. The summed E-state index contributed by atoms with van der Waals surface area (Å²) in [5.74, 6) is 0. The van der Waals surface area contributed by atoms with Gasteiger partial charge in [-0.25, -0.2) is 0 Å². The van der Waals surface area contributed by atoms with Crippen molar-refractivity contribution in [2.45, 2.75) is 72.6 Å². The molecule has 0 unspecified atom stereocenters. The maximum Gasteiger partial charge on any atom is -0.0219 e. The first-order valence-electron chi connectivity index (χ1n) is 12.3. The minimum atomic E-state index is 0. The predicted molar refractivity (Wildman–Crippen MR) is 156 cm³/mol. The largest absolute Gasteiger partial charge is 1.00 e. The summed E-state index contributed by atoms with van der Waals surface area (Å²) in [6.45, 7) is 17.9. The molecule has 1 aliphatic carbocycles. The van der Waals surface area contributed by atoms with E-state index in [-0.39, 0.29) is 35.6 Å². The van der Waals surface area contributed by atoms with E-state index in [0.717, 1.165) is 6.42 Å². The van der Waals surface area contributed by atoms with Crippen LogP contribution in [-0.4, -0.2) is 3.21 Å². The Hall–Kier alpha value is -1.18. The van der Waals surface area contributed by atoms with Gasteiger partial charge in [0, 0.05) is 0 Å². The molecule has 3 aromatic carbocycles. The van der Waals surface area contributed by atoms with Gasteiger partial charge in [-0.3, -0.25) is 0 Å². The molecule has 4 heteroatoms. The zero-order valence-corrected chi connectivity index (χ0v) is 28.1. The van der Waals surface area contributed by atoms with E-state index in [1.807, 2.05) is 0 Å². The van der Waals surface area contributed by atoms with Crippen LogP contribution in [0.15, 0.2) is 71.4 Å². The second-order valence-corrected chi connectivity index (χ2v) is 14.7. The molecule has 1 aromatic heterocycles. The number of halogens is 2. The van der Waals surface area contributed by atoms with Gasteiger partial charge in [0.15, 0.2) is 0 Å².